The third-order valence-electron chi connectivity index (χ3n) is 4.96. The Balaban J connectivity index is 1.75. The number of hydrogen-bond acceptors (Lipinski definition) is 4. The third-order valence-corrected chi connectivity index (χ3v) is 4.96. The summed E-state index contributed by atoms with van der Waals surface area (Å²) in [6.07, 6.45) is 0.336. The summed E-state index contributed by atoms with van der Waals surface area (Å²) < 4.78 is 42.8. The molecule has 3 aromatic rings. The number of rotatable bonds is 3. The molecule has 1 atom stereocenters. The van der Waals surface area contributed by atoms with Gasteiger partial charge in [0, 0.05) is 31.5 Å². The molecule has 3 aromatic heterocycles. The maximum Gasteiger partial charge on any atom is 0.433 e. The van der Waals surface area contributed by atoms with Crippen LogP contribution >= 0.6 is 0 Å². The summed E-state index contributed by atoms with van der Waals surface area (Å²) in [7, 11) is 1.72. The van der Waals surface area contributed by atoms with E-state index in [0.717, 1.165) is 17.0 Å². The lowest BCUT2D eigenvalue weighted by atomic mass is 10.1. The van der Waals surface area contributed by atoms with Crippen molar-refractivity contribution in [1.29, 1.82) is 0 Å². The van der Waals surface area contributed by atoms with Gasteiger partial charge in [-0.25, -0.2) is 9.50 Å². The average Bonchev–Trinajstić information content (AvgIpc) is 3.37. The van der Waals surface area contributed by atoms with E-state index in [4.69, 9.17) is 0 Å². The highest BCUT2D eigenvalue weighted by molar-refractivity contribution is 5.94. The number of amides is 1. The lowest BCUT2D eigenvalue weighted by molar-refractivity contribution is -0.142. The number of nitrogens with zero attached hydrogens (tertiary/aromatic N) is 6. The van der Waals surface area contributed by atoms with Crippen LogP contribution in [0.4, 0.5) is 13.2 Å². The van der Waals surface area contributed by atoms with E-state index >= 15 is 0 Å². The molecule has 0 aromatic carbocycles. The van der Waals surface area contributed by atoms with Gasteiger partial charge in [0.05, 0.1) is 23.5 Å². The van der Waals surface area contributed by atoms with E-state index in [1.54, 1.807) is 31.1 Å². The van der Waals surface area contributed by atoms with E-state index < -0.39 is 11.9 Å². The van der Waals surface area contributed by atoms with Gasteiger partial charge in [-0.2, -0.15) is 23.4 Å². The zero-order chi connectivity index (χ0) is 20.1. The number of aromatic nitrogens is 5. The summed E-state index contributed by atoms with van der Waals surface area (Å²) in [4.78, 5) is 18.7. The Morgan fingerprint density at radius 3 is 2.75 bits per heavy atom. The van der Waals surface area contributed by atoms with Crippen LogP contribution in [-0.2, 0) is 19.6 Å². The van der Waals surface area contributed by atoms with Gasteiger partial charge in [-0.1, -0.05) is 6.92 Å². The SMILES string of the molecule is CCc1cc(C(F)(F)F)n2nc(C3CCCN3C(=O)c3cnn(C)c3)cc2n1. The first-order chi connectivity index (χ1) is 13.3. The summed E-state index contributed by atoms with van der Waals surface area (Å²) in [5.41, 5.74) is 0.494. The first-order valence-corrected chi connectivity index (χ1v) is 9.04. The predicted molar refractivity (Wildman–Crippen MR) is 93.6 cm³/mol. The van der Waals surface area contributed by atoms with Crippen molar-refractivity contribution < 1.29 is 18.0 Å². The van der Waals surface area contributed by atoms with Gasteiger partial charge in [-0.3, -0.25) is 9.48 Å². The van der Waals surface area contributed by atoms with Crippen molar-refractivity contribution >= 4 is 11.6 Å². The fourth-order valence-electron chi connectivity index (χ4n) is 3.60. The quantitative estimate of drug-likeness (QED) is 0.687. The topological polar surface area (TPSA) is 68.3 Å². The molecular weight excluding hydrogens is 373 g/mol. The molecule has 4 heterocycles. The lowest BCUT2D eigenvalue weighted by Crippen LogP contribution is -2.30. The molecule has 1 aliphatic heterocycles. The van der Waals surface area contributed by atoms with Crippen LogP contribution in [0.15, 0.2) is 24.5 Å². The minimum Gasteiger partial charge on any atom is -0.330 e. The van der Waals surface area contributed by atoms with Gasteiger partial charge in [0.1, 0.15) is 5.69 Å². The zero-order valence-electron chi connectivity index (χ0n) is 15.4. The molecule has 1 fully saturated rings. The van der Waals surface area contributed by atoms with Crippen molar-refractivity contribution in [3.05, 3.63) is 47.2 Å². The number of hydrogen-bond donors (Lipinski definition) is 0. The summed E-state index contributed by atoms with van der Waals surface area (Å²) in [6, 6.07) is 2.19. The van der Waals surface area contributed by atoms with Gasteiger partial charge < -0.3 is 4.90 Å². The van der Waals surface area contributed by atoms with Crippen LogP contribution in [-0.4, -0.2) is 41.7 Å². The molecule has 0 aliphatic carbocycles. The predicted octanol–water partition coefficient (Wildman–Crippen LogP) is 3.02. The molecule has 148 valence electrons. The number of carbonyl (C=O) groups is 1. The van der Waals surface area contributed by atoms with Crippen molar-refractivity contribution in [2.24, 2.45) is 7.05 Å². The van der Waals surface area contributed by atoms with Crippen LogP contribution in [0, 0.1) is 0 Å². The molecule has 4 rings (SSSR count). The van der Waals surface area contributed by atoms with Crippen molar-refractivity contribution in [2.75, 3.05) is 6.54 Å². The summed E-state index contributed by atoms with van der Waals surface area (Å²) in [5, 5.41) is 8.20. The van der Waals surface area contributed by atoms with Crippen molar-refractivity contribution in [2.45, 2.75) is 38.4 Å². The fraction of sp³-hybridized carbons (Fsp3) is 0.444. The van der Waals surface area contributed by atoms with Gasteiger partial charge >= 0.3 is 6.18 Å². The average molecular weight is 392 g/mol. The largest absolute Gasteiger partial charge is 0.433 e. The molecule has 0 N–H and O–H groups in total. The molecule has 1 saturated heterocycles. The Hall–Kier alpha value is -2.91. The number of halogens is 3. The van der Waals surface area contributed by atoms with Crippen LogP contribution in [0.25, 0.3) is 5.65 Å². The van der Waals surface area contributed by atoms with Crippen LogP contribution in [0.2, 0.25) is 0 Å². The number of alkyl halides is 3. The van der Waals surface area contributed by atoms with E-state index in [1.807, 2.05) is 0 Å². The maximum atomic E-state index is 13.5. The van der Waals surface area contributed by atoms with Crippen LogP contribution in [0.3, 0.4) is 0 Å². The molecule has 0 spiro atoms. The molecule has 28 heavy (non-hydrogen) atoms. The van der Waals surface area contributed by atoms with Gasteiger partial charge in [-0.15, -0.1) is 0 Å². The second-order valence-electron chi connectivity index (χ2n) is 6.88. The Morgan fingerprint density at radius 2 is 2.11 bits per heavy atom. The van der Waals surface area contributed by atoms with Gasteiger partial charge in [0.15, 0.2) is 5.65 Å². The fourth-order valence-corrected chi connectivity index (χ4v) is 3.60. The summed E-state index contributed by atoms with van der Waals surface area (Å²) in [6.45, 7) is 2.27. The van der Waals surface area contributed by atoms with E-state index in [0.29, 0.717) is 36.3 Å². The molecular formula is C18H19F3N6O. The molecule has 7 nitrogen and oxygen atoms in total. The second kappa shape index (κ2) is 6.61. The van der Waals surface area contributed by atoms with Crippen molar-refractivity contribution in [3.8, 4) is 0 Å². The number of fused-ring (bicyclic) bond motifs is 1. The molecule has 10 heteroatoms. The Morgan fingerprint density at radius 1 is 1.32 bits per heavy atom. The zero-order valence-corrected chi connectivity index (χ0v) is 15.4. The number of aryl methyl sites for hydroxylation is 2. The first kappa shape index (κ1) is 18.5. The van der Waals surface area contributed by atoms with Crippen molar-refractivity contribution in [3.63, 3.8) is 0 Å². The minimum absolute atomic E-state index is 0.141. The Labute approximate surface area is 158 Å². The molecule has 0 saturated carbocycles. The third kappa shape index (κ3) is 3.12. The highest BCUT2D eigenvalue weighted by atomic mass is 19.4. The van der Waals surface area contributed by atoms with Crippen molar-refractivity contribution in [1.82, 2.24) is 29.3 Å². The Bertz CT molecular complexity index is 1040. The van der Waals surface area contributed by atoms with E-state index in [-0.39, 0.29) is 17.6 Å². The number of carbonyl (C=O) groups excluding carboxylic acids is 1. The first-order valence-electron chi connectivity index (χ1n) is 9.04. The van der Waals surface area contributed by atoms with Crippen LogP contribution in [0.1, 0.15) is 53.2 Å². The smallest absolute Gasteiger partial charge is 0.330 e. The summed E-state index contributed by atoms with van der Waals surface area (Å²) >= 11 is 0. The Kier molecular flexibility index (Phi) is 4.35. The van der Waals surface area contributed by atoms with Gasteiger partial charge in [0.25, 0.3) is 5.91 Å². The number of likely N-dealkylation sites (tertiary alicyclic amines) is 1. The van der Waals surface area contributed by atoms with E-state index in [2.05, 4.69) is 15.2 Å². The molecule has 1 amide bonds. The molecule has 1 aliphatic rings. The minimum atomic E-state index is -4.55. The van der Waals surface area contributed by atoms with E-state index in [1.165, 1.54) is 10.9 Å². The highest BCUT2D eigenvalue weighted by Gasteiger charge is 2.37. The maximum absolute atomic E-state index is 13.5. The monoisotopic (exact) mass is 392 g/mol. The summed E-state index contributed by atoms with van der Waals surface area (Å²) in [5.74, 6) is -0.203. The lowest BCUT2D eigenvalue weighted by Gasteiger charge is -2.22. The van der Waals surface area contributed by atoms with Gasteiger partial charge in [-0.05, 0) is 25.3 Å². The molecule has 0 bridgehead atoms. The van der Waals surface area contributed by atoms with Crippen LogP contribution < -0.4 is 0 Å². The standard InChI is InChI=1S/C18H19F3N6O/c1-3-12-7-15(18(19,20)21)27-16(23-12)8-13(24-27)14-5-4-6-26(14)17(28)11-9-22-25(2)10-11/h7-10,14H,3-6H2,1-2H3. The molecule has 1 unspecified atom stereocenters. The normalized spacial score (nSPS) is 17.6. The molecule has 0 radical (unpaired) electrons. The van der Waals surface area contributed by atoms with Crippen LogP contribution in [0.5, 0.6) is 0 Å². The second-order valence-corrected chi connectivity index (χ2v) is 6.88. The van der Waals surface area contributed by atoms with E-state index in [9.17, 15) is 18.0 Å². The highest BCUT2D eigenvalue weighted by Crippen LogP contribution is 2.35. The van der Waals surface area contributed by atoms with Gasteiger partial charge in [0.2, 0.25) is 0 Å².